The fourth-order valence-corrected chi connectivity index (χ4v) is 2.38. The average Bonchev–Trinajstić information content (AvgIpc) is 2.99. The molecular formula is C13H15N5O3S. The van der Waals surface area contributed by atoms with Crippen molar-refractivity contribution >= 4 is 23.4 Å². The van der Waals surface area contributed by atoms with Crippen molar-refractivity contribution < 1.29 is 9.72 Å². The number of hydrogen-bond acceptors (Lipinski definition) is 6. The van der Waals surface area contributed by atoms with Gasteiger partial charge in [0.2, 0.25) is 0 Å². The van der Waals surface area contributed by atoms with E-state index in [0.29, 0.717) is 6.54 Å². The van der Waals surface area contributed by atoms with Crippen molar-refractivity contribution in [3.63, 3.8) is 0 Å². The lowest BCUT2D eigenvalue weighted by atomic mass is 10.1. The first kappa shape index (κ1) is 16.0. The Labute approximate surface area is 131 Å². The molecule has 22 heavy (non-hydrogen) atoms. The summed E-state index contributed by atoms with van der Waals surface area (Å²) in [4.78, 5) is 27.4. The fourth-order valence-electron chi connectivity index (χ4n) is 1.94. The molecule has 0 aliphatic carbocycles. The first-order chi connectivity index (χ1) is 10.5. The van der Waals surface area contributed by atoms with Crippen LogP contribution in [0.5, 0.6) is 0 Å². The standard InChI is InChI=1S/C13H15N5O3S/c1-9(6-17-8-14-7-15-17)16-13(19)11-5-10(22-2)3-4-12(11)18(20)21/h3-5,7-9H,6H2,1-2H3,(H,16,19). The summed E-state index contributed by atoms with van der Waals surface area (Å²) in [6.45, 7) is 2.23. The minimum absolute atomic E-state index is 0.0577. The Balaban J connectivity index is 2.15. The number of thioether (sulfide) groups is 1. The molecule has 2 rings (SSSR count). The van der Waals surface area contributed by atoms with Gasteiger partial charge in [-0.15, -0.1) is 11.8 Å². The van der Waals surface area contributed by atoms with Crippen molar-refractivity contribution in [3.05, 3.63) is 46.5 Å². The smallest absolute Gasteiger partial charge is 0.282 e. The van der Waals surface area contributed by atoms with Crippen LogP contribution in [0.4, 0.5) is 5.69 Å². The SMILES string of the molecule is CSc1ccc([N+](=O)[O-])c(C(=O)NC(C)Cn2cncn2)c1. The van der Waals surface area contributed by atoms with Crippen LogP contribution in [0, 0.1) is 10.1 Å². The maximum Gasteiger partial charge on any atom is 0.282 e. The van der Waals surface area contributed by atoms with Crippen molar-refractivity contribution in [2.24, 2.45) is 0 Å². The Bertz CT molecular complexity index is 674. The molecule has 1 amide bonds. The molecule has 1 heterocycles. The highest BCUT2D eigenvalue weighted by atomic mass is 32.2. The number of nitro groups is 1. The number of rotatable bonds is 6. The molecule has 1 aromatic carbocycles. The zero-order chi connectivity index (χ0) is 16.1. The molecule has 1 atom stereocenters. The van der Waals surface area contributed by atoms with Crippen LogP contribution in [0.2, 0.25) is 0 Å². The molecule has 0 aliphatic heterocycles. The van der Waals surface area contributed by atoms with Crippen LogP contribution in [0.1, 0.15) is 17.3 Å². The van der Waals surface area contributed by atoms with Crippen LogP contribution in [-0.4, -0.2) is 37.9 Å². The molecule has 0 radical (unpaired) electrons. The molecule has 0 bridgehead atoms. The third kappa shape index (κ3) is 3.82. The normalized spacial score (nSPS) is 11.9. The van der Waals surface area contributed by atoms with Gasteiger partial charge in [0.05, 0.1) is 11.5 Å². The third-order valence-electron chi connectivity index (χ3n) is 2.95. The summed E-state index contributed by atoms with van der Waals surface area (Å²) < 4.78 is 1.58. The van der Waals surface area contributed by atoms with Gasteiger partial charge in [0.15, 0.2) is 0 Å². The van der Waals surface area contributed by atoms with E-state index in [4.69, 9.17) is 0 Å². The van der Waals surface area contributed by atoms with E-state index in [1.54, 1.807) is 24.0 Å². The van der Waals surface area contributed by atoms with Gasteiger partial charge in [-0.1, -0.05) is 0 Å². The van der Waals surface area contributed by atoms with E-state index < -0.39 is 10.8 Å². The second kappa shape index (κ2) is 7.03. The first-order valence-electron chi connectivity index (χ1n) is 6.47. The minimum atomic E-state index is -0.554. The molecule has 0 aliphatic rings. The fraction of sp³-hybridized carbons (Fsp3) is 0.308. The summed E-state index contributed by atoms with van der Waals surface area (Å²) in [5.74, 6) is -0.477. The van der Waals surface area contributed by atoms with Gasteiger partial charge in [0, 0.05) is 17.0 Å². The Hall–Kier alpha value is -2.42. The minimum Gasteiger partial charge on any atom is -0.347 e. The summed E-state index contributed by atoms with van der Waals surface area (Å²) in [5, 5.41) is 17.8. The molecule has 9 heteroatoms. The van der Waals surface area contributed by atoms with Gasteiger partial charge in [-0.25, -0.2) is 4.98 Å². The van der Waals surface area contributed by atoms with Crippen molar-refractivity contribution in [2.45, 2.75) is 24.4 Å². The quantitative estimate of drug-likeness (QED) is 0.494. The average molecular weight is 321 g/mol. The number of amides is 1. The summed E-state index contributed by atoms with van der Waals surface area (Å²) in [5.41, 5.74) is -0.148. The van der Waals surface area contributed by atoms with Crippen LogP contribution in [0.3, 0.4) is 0 Å². The highest BCUT2D eigenvalue weighted by Crippen LogP contribution is 2.24. The predicted molar refractivity (Wildman–Crippen MR) is 81.8 cm³/mol. The van der Waals surface area contributed by atoms with Gasteiger partial charge in [0.25, 0.3) is 11.6 Å². The zero-order valence-corrected chi connectivity index (χ0v) is 12.9. The topological polar surface area (TPSA) is 103 Å². The largest absolute Gasteiger partial charge is 0.347 e. The predicted octanol–water partition coefficient (Wildman–Crippen LogP) is 1.73. The van der Waals surface area contributed by atoms with E-state index >= 15 is 0 Å². The monoisotopic (exact) mass is 321 g/mol. The van der Waals surface area contributed by atoms with Crippen LogP contribution in [-0.2, 0) is 6.54 Å². The van der Waals surface area contributed by atoms with Gasteiger partial charge in [-0.05, 0) is 25.3 Å². The Kier molecular flexibility index (Phi) is 5.10. The zero-order valence-electron chi connectivity index (χ0n) is 12.1. The lowest BCUT2D eigenvalue weighted by Crippen LogP contribution is -2.36. The lowest BCUT2D eigenvalue weighted by molar-refractivity contribution is -0.385. The highest BCUT2D eigenvalue weighted by Gasteiger charge is 2.21. The number of nitro benzene ring substituents is 1. The number of aromatic nitrogens is 3. The van der Waals surface area contributed by atoms with E-state index in [0.717, 1.165) is 4.90 Å². The number of carbonyl (C=O) groups is 1. The maximum absolute atomic E-state index is 12.3. The van der Waals surface area contributed by atoms with Crippen molar-refractivity contribution in [2.75, 3.05) is 6.26 Å². The molecule has 8 nitrogen and oxygen atoms in total. The number of nitrogens with one attached hydrogen (secondary N) is 1. The number of nitrogens with zero attached hydrogens (tertiary/aromatic N) is 4. The Morgan fingerprint density at radius 3 is 2.91 bits per heavy atom. The number of hydrogen-bond donors (Lipinski definition) is 1. The van der Waals surface area contributed by atoms with Crippen molar-refractivity contribution in [1.82, 2.24) is 20.1 Å². The summed E-state index contributed by atoms with van der Waals surface area (Å²) >= 11 is 1.42. The molecule has 1 unspecified atom stereocenters. The molecule has 2 aromatic rings. The summed E-state index contributed by atoms with van der Waals surface area (Å²) in [7, 11) is 0. The molecule has 0 fully saturated rings. The molecule has 0 saturated heterocycles. The molecule has 1 N–H and O–H groups in total. The van der Waals surface area contributed by atoms with E-state index in [-0.39, 0.29) is 17.3 Å². The highest BCUT2D eigenvalue weighted by molar-refractivity contribution is 7.98. The van der Waals surface area contributed by atoms with Crippen LogP contribution in [0.25, 0.3) is 0 Å². The van der Waals surface area contributed by atoms with Gasteiger partial charge < -0.3 is 5.32 Å². The lowest BCUT2D eigenvalue weighted by Gasteiger charge is -2.14. The molecular weight excluding hydrogens is 306 g/mol. The van der Waals surface area contributed by atoms with Gasteiger partial charge in [-0.3, -0.25) is 19.6 Å². The van der Waals surface area contributed by atoms with Gasteiger partial charge >= 0.3 is 0 Å². The summed E-state index contributed by atoms with van der Waals surface area (Å²) in [6, 6.07) is 4.26. The molecule has 0 spiro atoms. The van der Waals surface area contributed by atoms with Crippen LogP contribution < -0.4 is 5.32 Å². The first-order valence-corrected chi connectivity index (χ1v) is 7.69. The Morgan fingerprint density at radius 2 is 2.32 bits per heavy atom. The number of benzene rings is 1. The van der Waals surface area contributed by atoms with E-state index in [1.165, 1.54) is 30.2 Å². The van der Waals surface area contributed by atoms with Gasteiger partial charge in [0.1, 0.15) is 18.2 Å². The maximum atomic E-state index is 12.3. The second-order valence-corrected chi connectivity index (χ2v) is 5.51. The molecule has 116 valence electrons. The van der Waals surface area contributed by atoms with E-state index in [1.807, 2.05) is 6.26 Å². The molecule has 0 saturated carbocycles. The van der Waals surface area contributed by atoms with Crippen molar-refractivity contribution in [3.8, 4) is 0 Å². The third-order valence-corrected chi connectivity index (χ3v) is 3.68. The van der Waals surface area contributed by atoms with Crippen LogP contribution in [0.15, 0.2) is 35.7 Å². The van der Waals surface area contributed by atoms with Crippen LogP contribution >= 0.6 is 11.8 Å². The second-order valence-electron chi connectivity index (χ2n) is 4.63. The number of carbonyl (C=O) groups excluding carboxylic acids is 1. The van der Waals surface area contributed by atoms with Crippen molar-refractivity contribution in [1.29, 1.82) is 0 Å². The van der Waals surface area contributed by atoms with Gasteiger partial charge in [-0.2, -0.15) is 5.10 Å². The molecule has 1 aromatic heterocycles. The van der Waals surface area contributed by atoms with E-state index in [2.05, 4.69) is 15.4 Å². The summed E-state index contributed by atoms with van der Waals surface area (Å²) in [6.07, 6.45) is 4.79. The Morgan fingerprint density at radius 1 is 1.55 bits per heavy atom. The van der Waals surface area contributed by atoms with E-state index in [9.17, 15) is 14.9 Å².